The van der Waals surface area contributed by atoms with E-state index in [1.807, 2.05) is 18.2 Å². The van der Waals surface area contributed by atoms with Crippen LogP contribution in [-0.4, -0.2) is 13.2 Å². The molecule has 0 saturated heterocycles. The zero-order chi connectivity index (χ0) is 12.8. The van der Waals surface area contributed by atoms with Gasteiger partial charge in [0.05, 0.1) is 6.61 Å². The number of nitrogens with two attached hydrogens (primary N) is 1. The lowest BCUT2D eigenvalue weighted by Gasteiger charge is -2.14. The first-order chi connectivity index (χ1) is 8.78. The van der Waals surface area contributed by atoms with Crippen LogP contribution in [0.2, 0.25) is 0 Å². The maximum Gasteiger partial charge on any atom is 0.123 e. The number of anilines is 2. The van der Waals surface area contributed by atoms with Gasteiger partial charge in [-0.1, -0.05) is 19.8 Å². The molecule has 2 rings (SSSR count). The summed E-state index contributed by atoms with van der Waals surface area (Å²) in [6.45, 7) is 3.90. The fourth-order valence-electron chi connectivity index (χ4n) is 2.50. The average molecular weight is 248 g/mol. The molecule has 18 heavy (non-hydrogen) atoms. The Morgan fingerprint density at radius 2 is 2.06 bits per heavy atom. The standard InChI is InChI=1S/C15H24N2O/c1-2-7-18-15-9-13(16)8-14(10-15)17-11-12-5-3-4-6-12/h8-10,12,17H,2-7,11,16H2,1H3. The molecule has 1 saturated carbocycles. The Balaban J connectivity index is 1.91. The molecule has 1 aromatic carbocycles. The summed E-state index contributed by atoms with van der Waals surface area (Å²) in [5.74, 6) is 1.69. The second-order valence-electron chi connectivity index (χ2n) is 5.17. The van der Waals surface area contributed by atoms with Gasteiger partial charge < -0.3 is 15.8 Å². The molecule has 0 spiro atoms. The Kier molecular flexibility index (Phi) is 4.73. The third-order valence-corrected chi connectivity index (χ3v) is 3.47. The number of ether oxygens (including phenoxy) is 1. The van der Waals surface area contributed by atoms with Crippen LogP contribution in [0.5, 0.6) is 5.75 Å². The molecule has 1 fully saturated rings. The van der Waals surface area contributed by atoms with E-state index in [2.05, 4.69) is 12.2 Å². The molecule has 0 aliphatic heterocycles. The monoisotopic (exact) mass is 248 g/mol. The highest BCUT2D eigenvalue weighted by atomic mass is 16.5. The smallest absolute Gasteiger partial charge is 0.123 e. The van der Waals surface area contributed by atoms with Crippen LogP contribution in [0.25, 0.3) is 0 Å². The maximum absolute atomic E-state index is 5.89. The summed E-state index contributed by atoms with van der Waals surface area (Å²) in [5, 5.41) is 3.48. The highest BCUT2D eigenvalue weighted by molar-refractivity contribution is 5.59. The van der Waals surface area contributed by atoms with E-state index < -0.39 is 0 Å². The predicted molar refractivity (Wildman–Crippen MR) is 77.1 cm³/mol. The highest BCUT2D eigenvalue weighted by Gasteiger charge is 2.14. The van der Waals surface area contributed by atoms with Crippen LogP contribution in [0, 0.1) is 5.92 Å². The van der Waals surface area contributed by atoms with Crippen molar-refractivity contribution < 1.29 is 4.74 Å². The normalized spacial score (nSPS) is 15.8. The number of nitrogens with one attached hydrogen (secondary N) is 1. The summed E-state index contributed by atoms with van der Waals surface area (Å²) in [7, 11) is 0. The highest BCUT2D eigenvalue weighted by Crippen LogP contribution is 2.27. The molecule has 0 atom stereocenters. The number of nitrogen functional groups attached to an aromatic ring is 1. The van der Waals surface area contributed by atoms with Gasteiger partial charge in [-0.3, -0.25) is 0 Å². The first kappa shape index (κ1) is 13.1. The molecule has 0 amide bonds. The lowest BCUT2D eigenvalue weighted by molar-refractivity contribution is 0.318. The molecule has 3 nitrogen and oxygen atoms in total. The van der Waals surface area contributed by atoms with Crippen molar-refractivity contribution in [2.24, 2.45) is 5.92 Å². The fourth-order valence-corrected chi connectivity index (χ4v) is 2.50. The minimum absolute atomic E-state index is 0.742. The van der Waals surface area contributed by atoms with Crippen molar-refractivity contribution in [2.45, 2.75) is 39.0 Å². The van der Waals surface area contributed by atoms with E-state index in [9.17, 15) is 0 Å². The van der Waals surface area contributed by atoms with Gasteiger partial charge in [-0.25, -0.2) is 0 Å². The molecular weight excluding hydrogens is 224 g/mol. The van der Waals surface area contributed by atoms with Crippen LogP contribution in [0.3, 0.4) is 0 Å². The van der Waals surface area contributed by atoms with Crippen molar-refractivity contribution in [3.63, 3.8) is 0 Å². The third-order valence-electron chi connectivity index (χ3n) is 3.47. The van der Waals surface area contributed by atoms with Crippen molar-refractivity contribution in [3.05, 3.63) is 18.2 Å². The van der Waals surface area contributed by atoms with Crippen LogP contribution in [0.15, 0.2) is 18.2 Å². The summed E-state index contributed by atoms with van der Waals surface area (Å²) in [4.78, 5) is 0. The summed E-state index contributed by atoms with van der Waals surface area (Å²) in [5.41, 5.74) is 7.73. The number of hydrogen-bond donors (Lipinski definition) is 2. The molecule has 1 aliphatic rings. The zero-order valence-corrected chi connectivity index (χ0v) is 11.2. The van der Waals surface area contributed by atoms with Crippen LogP contribution >= 0.6 is 0 Å². The Bertz CT molecular complexity index is 373. The van der Waals surface area contributed by atoms with Gasteiger partial charge in [-0.15, -0.1) is 0 Å². The lowest BCUT2D eigenvalue weighted by atomic mass is 10.1. The van der Waals surface area contributed by atoms with Crippen molar-refractivity contribution in [3.8, 4) is 5.75 Å². The molecule has 0 radical (unpaired) electrons. The molecule has 0 unspecified atom stereocenters. The number of rotatable bonds is 6. The van der Waals surface area contributed by atoms with Gasteiger partial charge in [0.15, 0.2) is 0 Å². The van der Waals surface area contributed by atoms with E-state index in [1.165, 1.54) is 25.7 Å². The summed E-state index contributed by atoms with van der Waals surface area (Å²) in [6.07, 6.45) is 6.49. The maximum atomic E-state index is 5.89. The molecule has 0 aromatic heterocycles. The zero-order valence-electron chi connectivity index (χ0n) is 11.2. The number of benzene rings is 1. The van der Waals surface area contributed by atoms with Crippen LogP contribution < -0.4 is 15.8 Å². The molecule has 3 heteroatoms. The topological polar surface area (TPSA) is 47.3 Å². The minimum Gasteiger partial charge on any atom is -0.493 e. The van der Waals surface area contributed by atoms with Crippen LogP contribution in [0.4, 0.5) is 11.4 Å². The summed E-state index contributed by atoms with van der Waals surface area (Å²) >= 11 is 0. The van der Waals surface area contributed by atoms with Crippen molar-refractivity contribution >= 4 is 11.4 Å². The van der Waals surface area contributed by atoms with Gasteiger partial charge >= 0.3 is 0 Å². The quantitative estimate of drug-likeness (QED) is 0.755. The van der Waals surface area contributed by atoms with E-state index in [4.69, 9.17) is 10.5 Å². The number of hydrogen-bond acceptors (Lipinski definition) is 3. The SMILES string of the molecule is CCCOc1cc(N)cc(NCC2CCCC2)c1. The van der Waals surface area contributed by atoms with Crippen LogP contribution in [0.1, 0.15) is 39.0 Å². The van der Waals surface area contributed by atoms with Crippen molar-refractivity contribution in [2.75, 3.05) is 24.2 Å². The Morgan fingerprint density at radius 3 is 2.78 bits per heavy atom. The minimum atomic E-state index is 0.742. The average Bonchev–Trinajstić information content (AvgIpc) is 2.86. The van der Waals surface area contributed by atoms with Crippen molar-refractivity contribution in [1.29, 1.82) is 0 Å². The Morgan fingerprint density at radius 1 is 1.28 bits per heavy atom. The van der Waals surface area contributed by atoms with E-state index in [0.717, 1.165) is 42.6 Å². The predicted octanol–water partition coefficient (Wildman–Crippen LogP) is 3.66. The van der Waals surface area contributed by atoms with Gasteiger partial charge in [-0.2, -0.15) is 0 Å². The first-order valence-corrected chi connectivity index (χ1v) is 7.05. The largest absolute Gasteiger partial charge is 0.493 e. The van der Waals surface area contributed by atoms with E-state index in [1.54, 1.807) is 0 Å². The van der Waals surface area contributed by atoms with E-state index in [-0.39, 0.29) is 0 Å². The second kappa shape index (κ2) is 6.53. The molecule has 3 N–H and O–H groups in total. The van der Waals surface area contributed by atoms with Gasteiger partial charge in [0.2, 0.25) is 0 Å². The molecule has 1 aliphatic carbocycles. The Hall–Kier alpha value is -1.38. The van der Waals surface area contributed by atoms with Gasteiger partial charge in [0, 0.05) is 30.1 Å². The van der Waals surface area contributed by atoms with Gasteiger partial charge in [-0.05, 0) is 31.2 Å². The molecule has 1 aromatic rings. The molecule has 0 heterocycles. The molecule has 100 valence electrons. The van der Waals surface area contributed by atoms with Gasteiger partial charge in [0.25, 0.3) is 0 Å². The summed E-state index contributed by atoms with van der Waals surface area (Å²) < 4.78 is 5.63. The molecule has 0 bridgehead atoms. The Labute approximate surface area is 110 Å². The van der Waals surface area contributed by atoms with E-state index in [0.29, 0.717) is 0 Å². The van der Waals surface area contributed by atoms with E-state index >= 15 is 0 Å². The first-order valence-electron chi connectivity index (χ1n) is 7.05. The second-order valence-corrected chi connectivity index (χ2v) is 5.17. The fraction of sp³-hybridized carbons (Fsp3) is 0.600. The lowest BCUT2D eigenvalue weighted by Crippen LogP contribution is -2.11. The van der Waals surface area contributed by atoms with Crippen LogP contribution in [-0.2, 0) is 0 Å². The van der Waals surface area contributed by atoms with Crippen molar-refractivity contribution in [1.82, 2.24) is 0 Å². The van der Waals surface area contributed by atoms with Gasteiger partial charge in [0.1, 0.15) is 5.75 Å². The summed E-state index contributed by atoms with van der Waals surface area (Å²) in [6, 6.07) is 5.91. The molecular formula is C15H24N2O. The third kappa shape index (κ3) is 3.83.